The average molecular weight is 285 g/mol. The van der Waals surface area contributed by atoms with E-state index in [1.165, 1.54) is 12.3 Å². The lowest BCUT2D eigenvalue weighted by Crippen LogP contribution is -2.22. The van der Waals surface area contributed by atoms with Gasteiger partial charge >= 0.3 is 0 Å². The number of aromatic nitrogens is 2. The molecule has 104 valence electrons. The lowest BCUT2D eigenvalue weighted by molar-refractivity contribution is 0.277. The number of hydrogen-bond donors (Lipinski definition) is 3. The Morgan fingerprint density at radius 1 is 1.53 bits per heavy atom. The number of aromatic amines is 1. The summed E-state index contributed by atoms with van der Waals surface area (Å²) in [5, 5.41) is 8.88. The predicted molar refractivity (Wildman–Crippen MR) is 66.6 cm³/mol. The summed E-state index contributed by atoms with van der Waals surface area (Å²) >= 11 is 0. The number of nitrogens with one attached hydrogen (secondary N) is 2. The third kappa shape index (κ3) is 3.22. The average Bonchev–Trinajstić information content (AvgIpc) is 3.05. The minimum absolute atomic E-state index is 0.0119. The Labute approximate surface area is 110 Å². The molecule has 0 saturated heterocycles. The summed E-state index contributed by atoms with van der Waals surface area (Å²) < 4.78 is 31.5. The van der Waals surface area contributed by atoms with Crippen molar-refractivity contribution >= 4 is 10.0 Å². The molecular formula is C11H15N3O4S. The van der Waals surface area contributed by atoms with Crippen LogP contribution in [-0.4, -0.2) is 23.5 Å². The van der Waals surface area contributed by atoms with Crippen molar-refractivity contribution in [3.8, 4) is 0 Å². The van der Waals surface area contributed by atoms with E-state index in [9.17, 15) is 8.42 Å². The second-order valence-electron chi connectivity index (χ2n) is 3.92. The van der Waals surface area contributed by atoms with Crippen LogP contribution in [0.25, 0.3) is 0 Å². The molecule has 19 heavy (non-hydrogen) atoms. The molecule has 2 rings (SSSR count). The van der Waals surface area contributed by atoms with Crippen molar-refractivity contribution in [3.63, 3.8) is 0 Å². The smallest absolute Gasteiger partial charge is 0.242 e. The van der Waals surface area contributed by atoms with Crippen LogP contribution >= 0.6 is 0 Å². The van der Waals surface area contributed by atoms with Gasteiger partial charge in [-0.25, -0.2) is 18.1 Å². The highest BCUT2D eigenvalue weighted by molar-refractivity contribution is 7.89. The molecule has 0 saturated carbocycles. The largest absolute Gasteiger partial charge is 0.444 e. The summed E-state index contributed by atoms with van der Waals surface area (Å²) in [6.07, 6.45) is 3.60. The van der Waals surface area contributed by atoms with Crippen molar-refractivity contribution in [2.24, 2.45) is 0 Å². The molecule has 0 spiro atoms. The predicted octanol–water partition coefficient (Wildman–Crippen LogP) is 0.536. The summed E-state index contributed by atoms with van der Waals surface area (Å²) in [5.41, 5.74) is 0.435. The molecule has 0 aliphatic carbocycles. The fourth-order valence-electron chi connectivity index (χ4n) is 1.50. The zero-order chi connectivity index (χ0) is 13.9. The fraction of sp³-hybridized carbons (Fsp3) is 0.364. The molecule has 3 N–H and O–H groups in total. The van der Waals surface area contributed by atoms with Crippen LogP contribution in [0.5, 0.6) is 0 Å². The lowest BCUT2D eigenvalue weighted by Gasteiger charge is -2.01. The SMILES string of the molecule is CCc1cnc(CNS(=O)(=O)c2c[nH]c(CO)c2)o1. The molecule has 8 heteroatoms. The van der Waals surface area contributed by atoms with Gasteiger partial charge in [-0.2, -0.15) is 0 Å². The Bertz CT molecular complexity index is 644. The van der Waals surface area contributed by atoms with Crippen LogP contribution in [0, 0.1) is 0 Å². The first-order chi connectivity index (χ1) is 9.05. The van der Waals surface area contributed by atoms with Crippen molar-refractivity contribution in [3.05, 3.63) is 35.8 Å². The minimum atomic E-state index is -3.64. The maximum absolute atomic E-state index is 11.9. The maximum atomic E-state index is 11.9. The third-order valence-corrected chi connectivity index (χ3v) is 3.94. The number of aryl methyl sites for hydroxylation is 1. The summed E-state index contributed by atoms with van der Waals surface area (Å²) in [6, 6.07) is 1.37. The van der Waals surface area contributed by atoms with E-state index in [-0.39, 0.29) is 18.0 Å². The molecule has 0 aromatic carbocycles. The molecular weight excluding hydrogens is 270 g/mol. The second-order valence-corrected chi connectivity index (χ2v) is 5.68. The molecule has 0 fully saturated rings. The van der Waals surface area contributed by atoms with E-state index in [0.29, 0.717) is 23.8 Å². The highest BCUT2D eigenvalue weighted by atomic mass is 32.2. The summed E-state index contributed by atoms with van der Waals surface area (Å²) in [7, 11) is -3.64. The number of oxazole rings is 1. The number of nitrogens with zero attached hydrogens (tertiary/aromatic N) is 1. The third-order valence-electron chi connectivity index (χ3n) is 2.56. The molecule has 7 nitrogen and oxygen atoms in total. The molecule has 2 aromatic rings. The van der Waals surface area contributed by atoms with Gasteiger partial charge in [0.25, 0.3) is 0 Å². The van der Waals surface area contributed by atoms with Crippen molar-refractivity contribution in [1.29, 1.82) is 0 Å². The van der Waals surface area contributed by atoms with E-state index in [1.807, 2.05) is 6.92 Å². The van der Waals surface area contributed by atoms with Crippen LogP contribution in [-0.2, 0) is 29.6 Å². The highest BCUT2D eigenvalue weighted by Gasteiger charge is 2.16. The van der Waals surface area contributed by atoms with Crippen molar-refractivity contribution < 1.29 is 17.9 Å². The van der Waals surface area contributed by atoms with Crippen molar-refractivity contribution in [1.82, 2.24) is 14.7 Å². The van der Waals surface area contributed by atoms with E-state index < -0.39 is 10.0 Å². The maximum Gasteiger partial charge on any atom is 0.242 e. The van der Waals surface area contributed by atoms with Gasteiger partial charge in [0.15, 0.2) is 0 Å². The molecule has 0 atom stereocenters. The molecule has 0 unspecified atom stereocenters. The van der Waals surface area contributed by atoms with Crippen LogP contribution in [0.4, 0.5) is 0 Å². The Morgan fingerprint density at radius 3 is 2.89 bits per heavy atom. The van der Waals surface area contributed by atoms with E-state index >= 15 is 0 Å². The molecule has 2 aromatic heterocycles. The summed E-state index contributed by atoms with van der Waals surface area (Å²) in [4.78, 5) is 6.70. The number of H-pyrrole nitrogens is 1. The van der Waals surface area contributed by atoms with Crippen molar-refractivity contribution in [2.45, 2.75) is 31.4 Å². The van der Waals surface area contributed by atoms with Crippen LogP contribution in [0.15, 0.2) is 27.8 Å². The molecule has 0 aliphatic rings. The van der Waals surface area contributed by atoms with Gasteiger partial charge in [0.2, 0.25) is 15.9 Å². The van der Waals surface area contributed by atoms with Gasteiger partial charge in [-0.05, 0) is 6.07 Å². The Balaban J connectivity index is 2.05. The van der Waals surface area contributed by atoms with E-state index in [0.717, 1.165) is 0 Å². The molecule has 0 amide bonds. The van der Waals surface area contributed by atoms with Crippen LogP contribution < -0.4 is 4.72 Å². The Morgan fingerprint density at radius 2 is 2.32 bits per heavy atom. The number of hydrogen-bond acceptors (Lipinski definition) is 5. The number of aliphatic hydroxyl groups is 1. The van der Waals surface area contributed by atoms with E-state index in [2.05, 4.69) is 14.7 Å². The zero-order valence-corrected chi connectivity index (χ0v) is 11.2. The Kier molecular flexibility index (Phi) is 4.03. The fourth-order valence-corrected chi connectivity index (χ4v) is 2.49. The van der Waals surface area contributed by atoms with Crippen molar-refractivity contribution in [2.75, 3.05) is 0 Å². The summed E-state index contributed by atoms with van der Waals surface area (Å²) in [6.45, 7) is 1.67. The molecule has 0 radical (unpaired) electrons. The second kappa shape index (κ2) is 5.55. The van der Waals surface area contributed by atoms with Crippen LogP contribution in [0.3, 0.4) is 0 Å². The summed E-state index contributed by atoms with van der Waals surface area (Å²) in [5.74, 6) is 1.02. The number of rotatable bonds is 6. The van der Waals surface area contributed by atoms with Gasteiger partial charge in [-0.15, -0.1) is 0 Å². The lowest BCUT2D eigenvalue weighted by atomic mass is 10.4. The van der Waals surface area contributed by atoms with Gasteiger partial charge in [-0.3, -0.25) is 0 Å². The first kappa shape index (κ1) is 13.8. The minimum Gasteiger partial charge on any atom is -0.444 e. The van der Waals surface area contributed by atoms with E-state index in [1.54, 1.807) is 6.20 Å². The van der Waals surface area contributed by atoms with Gasteiger partial charge in [0.1, 0.15) is 5.76 Å². The zero-order valence-electron chi connectivity index (χ0n) is 10.4. The van der Waals surface area contributed by atoms with Crippen LogP contribution in [0.2, 0.25) is 0 Å². The number of aliphatic hydroxyl groups excluding tert-OH is 1. The first-order valence-electron chi connectivity index (χ1n) is 5.76. The standard InChI is InChI=1S/C11H15N3O4S/c1-2-9-4-13-11(18-9)6-14-19(16,17)10-3-8(7-15)12-5-10/h3-5,12,14-15H,2,6-7H2,1H3. The van der Waals surface area contributed by atoms with Gasteiger partial charge in [0.05, 0.1) is 24.2 Å². The number of sulfonamides is 1. The Hall–Kier alpha value is -1.64. The molecule has 2 heterocycles. The molecule has 0 aliphatic heterocycles. The van der Waals surface area contributed by atoms with Crippen LogP contribution in [0.1, 0.15) is 24.3 Å². The first-order valence-corrected chi connectivity index (χ1v) is 7.25. The molecule has 0 bridgehead atoms. The van der Waals surface area contributed by atoms with E-state index in [4.69, 9.17) is 9.52 Å². The van der Waals surface area contributed by atoms with Gasteiger partial charge in [0, 0.05) is 18.3 Å². The normalized spacial score (nSPS) is 11.9. The highest BCUT2D eigenvalue weighted by Crippen LogP contribution is 2.11. The topological polar surface area (TPSA) is 108 Å². The quantitative estimate of drug-likeness (QED) is 0.717. The van der Waals surface area contributed by atoms with Gasteiger partial charge in [-0.1, -0.05) is 6.92 Å². The van der Waals surface area contributed by atoms with Gasteiger partial charge < -0.3 is 14.5 Å². The monoisotopic (exact) mass is 285 g/mol.